The van der Waals surface area contributed by atoms with Crippen LogP contribution >= 0.6 is 11.8 Å². The Bertz CT molecular complexity index is 675. The van der Waals surface area contributed by atoms with Crippen LogP contribution in [0.3, 0.4) is 0 Å². The quantitative estimate of drug-likeness (QED) is 0.711. The van der Waals surface area contributed by atoms with Gasteiger partial charge in [-0.2, -0.15) is 0 Å². The molecule has 0 unspecified atom stereocenters. The van der Waals surface area contributed by atoms with Crippen molar-refractivity contribution in [2.24, 2.45) is 0 Å². The van der Waals surface area contributed by atoms with Crippen LogP contribution in [0.15, 0.2) is 47.9 Å². The molecule has 0 saturated carbocycles. The van der Waals surface area contributed by atoms with Crippen molar-refractivity contribution in [2.75, 3.05) is 19.4 Å². The molecule has 1 aromatic carbocycles. The van der Waals surface area contributed by atoms with Crippen LogP contribution in [-0.4, -0.2) is 45.8 Å². The zero-order valence-electron chi connectivity index (χ0n) is 14.6. The molecule has 1 fully saturated rings. The number of hydrogen-bond donors (Lipinski definition) is 0. The topological polar surface area (TPSA) is 47.4 Å². The van der Waals surface area contributed by atoms with Gasteiger partial charge in [0.2, 0.25) is 5.91 Å². The molecule has 2 aromatic rings. The first-order valence-electron chi connectivity index (χ1n) is 8.78. The number of nitrogens with zero attached hydrogens (tertiary/aromatic N) is 3. The van der Waals surface area contributed by atoms with E-state index < -0.39 is 0 Å². The standard InChI is InChI=1S/C19H25N3O2S/c1-24-17-6-4-7-18(13-17)25-14-19(23)22-10-3-2-5-16(22)8-11-21-12-9-20-15-21/h4,6-7,9,12-13,15-16H,2-3,5,8,10-11,14H2,1H3/t16-/m1/s1. The molecule has 5 nitrogen and oxygen atoms in total. The summed E-state index contributed by atoms with van der Waals surface area (Å²) in [5.41, 5.74) is 0. The highest BCUT2D eigenvalue weighted by Crippen LogP contribution is 2.25. The van der Waals surface area contributed by atoms with Gasteiger partial charge in [-0.1, -0.05) is 6.07 Å². The van der Waals surface area contributed by atoms with Gasteiger partial charge in [0, 0.05) is 36.4 Å². The van der Waals surface area contributed by atoms with E-state index in [4.69, 9.17) is 4.74 Å². The maximum atomic E-state index is 12.8. The fourth-order valence-corrected chi connectivity index (χ4v) is 4.10. The van der Waals surface area contributed by atoms with E-state index in [0.29, 0.717) is 11.8 Å². The minimum absolute atomic E-state index is 0.239. The number of methoxy groups -OCH3 is 1. The van der Waals surface area contributed by atoms with Crippen molar-refractivity contribution in [1.82, 2.24) is 14.5 Å². The molecule has 0 aliphatic carbocycles. The number of likely N-dealkylation sites (tertiary alicyclic amines) is 1. The van der Waals surface area contributed by atoms with E-state index >= 15 is 0 Å². The number of carbonyl (C=O) groups excluding carboxylic acids is 1. The fraction of sp³-hybridized carbons (Fsp3) is 0.474. The Morgan fingerprint density at radius 3 is 3.12 bits per heavy atom. The van der Waals surface area contributed by atoms with Crippen molar-refractivity contribution in [3.8, 4) is 5.75 Å². The molecule has 134 valence electrons. The lowest BCUT2D eigenvalue weighted by atomic mass is 9.99. The van der Waals surface area contributed by atoms with Gasteiger partial charge in [0.05, 0.1) is 19.2 Å². The first kappa shape index (κ1) is 17.9. The molecule has 0 N–H and O–H groups in total. The van der Waals surface area contributed by atoms with Gasteiger partial charge in [0.1, 0.15) is 5.75 Å². The molecule has 0 radical (unpaired) electrons. The number of imidazole rings is 1. The summed E-state index contributed by atoms with van der Waals surface area (Å²) >= 11 is 1.58. The van der Waals surface area contributed by atoms with Crippen LogP contribution in [-0.2, 0) is 11.3 Å². The predicted molar refractivity (Wildman–Crippen MR) is 99.9 cm³/mol. The molecule has 0 spiro atoms. The molecule has 25 heavy (non-hydrogen) atoms. The second-order valence-corrected chi connectivity index (χ2v) is 7.34. The number of benzene rings is 1. The van der Waals surface area contributed by atoms with E-state index in [9.17, 15) is 4.79 Å². The van der Waals surface area contributed by atoms with Crippen molar-refractivity contribution in [3.05, 3.63) is 43.0 Å². The number of rotatable bonds is 7. The van der Waals surface area contributed by atoms with Crippen LogP contribution in [0.2, 0.25) is 0 Å². The molecule has 0 bridgehead atoms. The largest absolute Gasteiger partial charge is 0.497 e. The second-order valence-electron chi connectivity index (χ2n) is 6.29. The molecular weight excluding hydrogens is 334 g/mol. The van der Waals surface area contributed by atoms with Gasteiger partial charge < -0.3 is 14.2 Å². The molecule has 1 atom stereocenters. The van der Waals surface area contributed by atoms with Crippen LogP contribution in [0, 0.1) is 0 Å². The molecule has 2 heterocycles. The summed E-state index contributed by atoms with van der Waals surface area (Å²) in [6.45, 7) is 1.80. The first-order chi connectivity index (χ1) is 12.3. The molecule has 1 aromatic heterocycles. The predicted octanol–water partition coefficient (Wildman–Crippen LogP) is 3.46. The van der Waals surface area contributed by atoms with Crippen LogP contribution in [0.4, 0.5) is 0 Å². The number of amides is 1. The summed E-state index contributed by atoms with van der Waals surface area (Å²) in [5, 5.41) is 0. The molecule has 1 amide bonds. The Balaban J connectivity index is 1.54. The van der Waals surface area contributed by atoms with Crippen LogP contribution in [0.25, 0.3) is 0 Å². The van der Waals surface area contributed by atoms with Gasteiger partial charge in [-0.05, 0) is 43.9 Å². The number of thioether (sulfide) groups is 1. The average Bonchev–Trinajstić information content (AvgIpc) is 3.18. The van der Waals surface area contributed by atoms with Gasteiger partial charge in [-0.15, -0.1) is 11.8 Å². The molecule has 1 aliphatic rings. The summed E-state index contributed by atoms with van der Waals surface area (Å²) in [7, 11) is 1.66. The van der Waals surface area contributed by atoms with E-state index in [1.165, 1.54) is 6.42 Å². The Morgan fingerprint density at radius 2 is 2.32 bits per heavy atom. The molecule has 1 aliphatic heterocycles. The number of carbonyl (C=O) groups is 1. The Morgan fingerprint density at radius 1 is 1.40 bits per heavy atom. The number of aromatic nitrogens is 2. The van der Waals surface area contributed by atoms with Crippen molar-refractivity contribution in [1.29, 1.82) is 0 Å². The summed E-state index contributed by atoms with van der Waals surface area (Å²) in [6.07, 6.45) is 10.0. The third kappa shape index (κ3) is 5.01. The number of aryl methyl sites for hydroxylation is 1. The van der Waals surface area contributed by atoms with Crippen molar-refractivity contribution in [3.63, 3.8) is 0 Å². The smallest absolute Gasteiger partial charge is 0.233 e. The minimum atomic E-state index is 0.239. The van der Waals surface area contributed by atoms with E-state index in [1.807, 2.05) is 36.8 Å². The summed E-state index contributed by atoms with van der Waals surface area (Å²) in [4.78, 5) is 20.0. The number of ether oxygens (including phenoxy) is 1. The normalized spacial score (nSPS) is 17.5. The van der Waals surface area contributed by atoms with Crippen molar-refractivity contribution < 1.29 is 9.53 Å². The summed E-state index contributed by atoms with van der Waals surface area (Å²) in [6, 6.07) is 8.22. The zero-order chi connectivity index (χ0) is 17.5. The Kier molecular flexibility index (Phi) is 6.39. The van der Waals surface area contributed by atoms with Crippen LogP contribution in [0.1, 0.15) is 25.7 Å². The SMILES string of the molecule is COc1cccc(SCC(=O)N2CCCC[C@@H]2CCn2ccnc2)c1. The van der Waals surface area contributed by atoms with E-state index in [1.54, 1.807) is 25.1 Å². The summed E-state index contributed by atoms with van der Waals surface area (Å²) < 4.78 is 7.33. The maximum absolute atomic E-state index is 12.8. The average molecular weight is 359 g/mol. The van der Waals surface area contributed by atoms with Gasteiger partial charge in [-0.3, -0.25) is 4.79 Å². The molecule has 1 saturated heterocycles. The van der Waals surface area contributed by atoms with Gasteiger partial charge in [0.15, 0.2) is 0 Å². The highest BCUT2D eigenvalue weighted by atomic mass is 32.2. The van der Waals surface area contributed by atoms with E-state index in [-0.39, 0.29) is 5.91 Å². The first-order valence-corrected chi connectivity index (χ1v) is 9.77. The second kappa shape index (κ2) is 8.94. The Labute approximate surface area is 153 Å². The van der Waals surface area contributed by atoms with Crippen LogP contribution < -0.4 is 4.74 Å². The lowest BCUT2D eigenvalue weighted by Gasteiger charge is -2.36. The monoisotopic (exact) mass is 359 g/mol. The maximum Gasteiger partial charge on any atom is 0.233 e. The summed E-state index contributed by atoms with van der Waals surface area (Å²) in [5.74, 6) is 1.55. The zero-order valence-corrected chi connectivity index (χ0v) is 15.5. The minimum Gasteiger partial charge on any atom is -0.497 e. The molecular formula is C19H25N3O2S. The lowest BCUT2D eigenvalue weighted by molar-refractivity contribution is -0.132. The fourth-order valence-electron chi connectivity index (χ4n) is 3.27. The lowest BCUT2D eigenvalue weighted by Crippen LogP contribution is -2.45. The third-order valence-electron chi connectivity index (χ3n) is 4.63. The number of piperidine rings is 1. The number of hydrogen-bond acceptors (Lipinski definition) is 4. The highest BCUT2D eigenvalue weighted by Gasteiger charge is 2.26. The molecule has 3 rings (SSSR count). The van der Waals surface area contributed by atoms with E-state index in [2.05, 4.69) is 14.5 Å². The molecule has 6 heteroatoms. The third-order valence-corrected chi connectivity index (χ3v) is 5.61. The van der Waals surface area contributed by atoms with Crippen LogP contribution in [0.5, 0.6) is 5.75 Å². The van der Waals surface area contributed by atoms with Gasteiger partial charge in [-0.25, -0.2) is 4.98 Å². The van der Waals surface area contributed by atoms with Gasteiger partial charge >= 0.3 is 0 Å². The van der Waals surface area contributed by atoms with E-state index in [0.717, 1.165) is 43.0 Å². The van der Waals surface area contributed by atoms with Crippen molar-refractivity contribution >= 4 is 17.7 Å². The Hall–Kier alpha value is -1.95. The van der Waals surface area contributed by atoms with Gasteiger partial charge in [0.25, 0.3) is 0 Å². The highest BCUT2D eigenvalue weighted by molar-refractivity contribution is 8.00. The van der Waals surface area contributed by atoms with Crippen molar-refractivity contribution in [2.45, 2.75) is 43.2 Å².